The zero-order valence-corrected chi connectivity index (χ0v) is 17.5. The molecule has 27 heavy (non-hydrogen) atoms. The molecule has 1 aliphatic heterocycles. The van der Waals surface area contributed by atoms with Crippen molar-refractivity contribution >= 4 is 45.0 Å². The van der Waals surface area contributed by atoms with Crippen molar-refractivity contribution in [3.05, 3.63) is 29.4 Å². The second-order valence-electron chi connectivity index (χ2n) is 5.85. The van der Waals surface area contributed by atoms with Gasteiger partial charge in [0.25, 0.3) is 10.0 Å². The number of halogens is 1. The third-order valence-electron chi connectivity index (χ3n) is 4.37. The molecular formula is C17H19ClN4O3S2. The van der Waals surface area contributed by atoms with Crippen molar-refractivity contribution in [2.45, 2.75) is 23.9 Å². The molecule has 0 spiro atoms. The Labute approximate surface area is 167 Å². The number of carbonyl (C=O) groups is 1. The predicted octanol–water partition coefficient (Wildman–Crippen LogP) is 2.90. The van der Waals surface area contributed by atoms with Crippen molar-refractivity contribution in [1.82, 2.24) is 14.9 Å². The number of nitrogens with zero attached hydrogens (tertiary/aromatic N) is 4. The molecule has 0 saturated carbocycles. The van der Waals surface area contributed by atoms with Crippen LogP contribution in [-0.2, 0) is 14.8 Å². The minimum Gasteiger partial charge on any atom is -0.343 e. The lowest BCUT2D eigenvalue weighted by atomic mass is 10.1. The van der Waals surface area contributed by atoms with Crippen molar-refractivity contribution in [1.29, 1.82) is 0 Å². The number of sulfonamides is 1. The highest BCUT2D eigenvalue weighted by Crippen LogP contribution is 2.42. The van der Waals surface area contributed by atoms with Gasteiger partial charge in [-0.05, 0) is 32.0 Å². The molecule has 7 nitrogen and oxygen atoms in total. The third kappa shape index (κ3) is 3.63. The summed E-state index contributed by atoms with van der Waals surface area (Å²) in [7, 11) is -2.25. The standard InChI is InChI=1S/C17H19ClN4O3S2/c1-4-22(5-2)15(23)10-26-17-19-9-14-16(20-17)12-8-11(18)6-7-13(12)21(3)27(14,24)25/h6-9H,4-5,10H2,1-3H3. The van der Waals surface area contributed by atoms with E-state index in [0.29, 0.717) is 40.2 Å². The Morgan fingerprint density at radius 1 is 1.30 bits per heavy atom. The van der Waals surface area contributed by atoms with Gasteiger partial charge in [0, 0.05) is 30.7 Å². The fraction of sp³-hybridized carbons (Fsp3) is 0.353. The highest BCUT2D eigenvalue weighted by molar-refractivity contribution is 7.99. The number of aromatic nitrogens is 2. The van der Waals surface area contributed by atoms with Gasteiger partial charge in [0.2, 0.25) is 5.91 Å². The molecule has 1 amide bonds. The zero-order valence-electron chi connectivity index (χ0n) is 15.1. The van der Waals surface area contributed by atoms with E-state index in [1.807, 2.05) is 13.8 Å². The van der Waals surface area contributed by atoms with Crippen LogP contribution in [-0.4, -0.2) is 55.1 Å². The Kier molecular flexibility index (Phi) is 5.64. The van der Waals surface area contributed by atoms with Crippen LogP contribution in [0.2, 0.25) is 5.02 Å². The van der Waals surface area contributed by atoms with Gasteiger partial charge in [-0.25, -0.2) is 18.4 Å². The Morgan fingerprint density at radius 3 is 2.67 bits per heavy atom. The SMILES string of the molecule is CCN(CC)C(=O)CSc1ncc2c(n1)-c1cc(Cl)ccc1N(C)S2(=O)=O. The molecule has 0 aliphatic carbocycles. The van der Waals surface area contributed by atoms with Gasteiger partial charge in [-0.3, -0.25) is 9.10 Å². The van der Waals surface area contributed by atoms with E-state index in [2.05, 4.69) is 9.97 Å². The van der Waals surface area contributed by atoms with E-state index < -0.39 is 10.0 Å². The zero-order chi connectivity index (χ0) is 19.8. The Bertz CT molecular complexity index is 994. The lowest BCUT2D eigenvalue weighted by Crippen LogP contribution is -2.32. The first kappa shape index (κ1) is 19.9. The van der Waals surface area contributed by atoms with E-state index in [4.69, 9.17) is 11.6 Å². The van der Waals surface area contributed by atoms with Crippen LogP contribution in [0.5, 0.6) is 0 Å². The molecule has 0 bridgehead atoms. The molecule has 2 aromatic rings. The summed E-state index contributed by atoms with van der Waals surface area (Å²) < 4.78 is 26.7. The minimum atomic E-state index is -3.74. The summed E-state index contributed by atoms with van der Waals surface area (Å²) in [6.07, 6.45) is 1.29. The molecule has 1 aliphatic rings. The number of amides is 1. The predicted molar refractivity (Wildman–Crippen MR) is 107 cm³/mol. The summed E-state index contributed by atoms with van der Waals surface area (Å²) >= 11 is 7.29. The molecule has 0 N–H and O–H groups in total. The number of benzene rings is 1. The van der Waals surface area contributed by atoms with E-state index in [9.17, 15) is 13.2 Å². The second kappa shape index (κ2) is 7.65. The number of anilines is 1. The molecular weight excluding hydrogens is 408 g/mol. The first-order valence-corrected chi connectivity index (χ1v) is 11.2. The van der Waals surface area contributed by atoms with Crippen LogP contribution in [0.4, 0.5) is 5.69 Å². The number of thioether (sulfide) groups is 1. The van der Waals surface area contributed by atoms with Crippen LogP contribution in [0.3, 0.4) is 0 Å². The van der Waals surface area contributed by atoms with Crippen molar-refractivity contribution in [3.63, 3.8) is 0 Å². The average molecular weight is 427 g/mol. The van der Waals surface area contributed by atoms with E-state index in [1.54, 1.807) is 23.1 Å². The van der Waals surface area contributed by atoms with Crippen LogP contribution < -0.4 is 4.31 Å². The first-order chi connectivity index (χ1) is 12.8. The lowest BCUT2D eigenvalue weighted by Gasteiger charge is -2.28. The maximum absolute atomic E-state index is 12.7. The van der Waals surface area contributed by atoms with Gasteiger partial charge in [-0.15, -0.1) is 0 Å². The third-order valence-corrected chi connectivity index (χ3v) is 7.22. The van der Waals surface area contributed by atoms with E-state index in [1.165, 1.54) is 29.3 Å². The van der Waals surface area contributed by atoms with Crippen LogP contribution in [0, 0.1) is 0 Å². The topological polar surface area (TPSA) is 83.5 Å². The summed E-state index contributed by atoms with van der Waals surface area (Å²) in [4.78, 5) is 22.5. The molecule has 3 rings (SSSR count). The summed E-state index contributed by atoms with van der Waals surface area (Å²) in [5.41, 5.74) is 1.42. The van der Waals surface area contributed by atoms with Gasteiger partial charge in [0.1, 0.15) is 4.90 Å². The van der Waals surface area contributed by atoms with Gasteiger partial charge >= 0.3 is 0 Å². The largest absolute Gasteiger partial charge is 0.343 e. The number of hydrogen-bond acceptors (Lipinski definition) is 6. The maximum Gasteiger partial charge on any atom is 0.267 e. The average Bonchev–Trinajstić information content (AvgIpc) is 2.65. The Balaban J connectivity index is 1.98. The van der Waals surface area contributed by atoms with Gasteiger partial charge in [-0.2, -0.15) is 0 Å². The summed E-state index contributed by atoms with van der Waals surface area (Å²) in [6, 6.07) is 4.97. The van der Waals surface area contributed by atoms with Gasteiger partial charge < -0.3 is 4.90 Å². The fourth-order valence-electron chi connectivity index (χ4n) is 2.85. The van der Waals surface area contributed by atoms with E-state index >= 15 is 0 Å². The molecule has 0 fully saturated rings. The van der Waals surface area contributed by atoms with Crippen molar-refractivity contribution in [3.8, 4) is 11.3 Å². The van der Waals surface area contributed by atoms with Gasteiger partial charge in [0.05, 0.1) is 23.3 Å². The van der Waals surface area contributed by atoms with Crippen molar-refractivity contribution < 1.29 is 13.2 Å². The molecule has 1 aromatic heterocycles. The molecule has 10 heteroatoms. The Hall–Kier alpha value is -1.84. The van der Waals surface area contributed by atoms with Gasteiger partial charge in [0.15, 0.2) is 5.16 Å². The normalized spacial score (nSPS) is 14.4. The van der Waals surface area contributed by atoms with Crippen LogP contribution in [0.25, 0.3) is 11.3 Å². The number of carbonyl (C=O) groups excluding carboxylic acids is 1. The molecule has 0 saturated heterocycles. The highest BCUT2D eigenvalue weighted by atomic mass is 35.5. The minimum absolute atomic E-state index is 0.0119. The second-order valence-corrected chi connectivity index (χ2v) is 9.17. The summed E-state index contributed by atoms with van der Waals surface area (Å²) in [5.74, 6) is 0.178. The Morgan fingerprint density at radius 2 is 2.00 bits per heavy atom. The quantitative estimate of drug-likeness (QED) is 0.540. The fourth-order valence-corrected chi connectivity index (χ4v) is 5.04. The summed E-state index contributed by atoms with van der Waals surface area (Å²) in [6.45, 7) is 5.11. The molecule has 1 aromatic carbocycles. The van der Waals surface area contributed by atoms with Crippen LogP contribution >= 0.6 is 23.4 Å². The monoisotopic (exact) mass is 426 g/mol. The number of hydrogen-bond donors (Lipinski definition) is 0. The maximum atomic E-state index is 12.7. The molecule has 0 atom stereocenters. The van der Waals surface area contributed by atoms with Crippen LogP contribution in [0.15, 0.2) is 34.4 Å². The van der Waals surface area contributed by atoms with Gasteiger partial charge in [-0.1, -0.05) is 23.4 Å². The van der Waals surface area contributed by atoms with E-state index in [0.717, 1.165) is 0 Å². The molecule has 2 heterocycles. The number of fused-ring (bicyclic) bond motifs is 3. The molecule has 144 valence electrons. The lowest BCUT2D eigenvalue weighted by molar-refractivity contribution is -0.127. The summed E-state index contributed by atoms with van der Waals surface area (Å²) in [5, 5.41) is 0.830. The van der Waals surface area contributed by atoms with Crippen molar-refractivity contribution in [2.24, 2.45) is 0 Å². The van der Waals surface area contributed by atoms with Crippen LogP contribution in [0.1, 0.15) is 13.8 Å². The molecule has 0 radical (unpaired) electrons. The smallest absolute Gasteiger partial charge is 0.267 e. The number of rotatable bonds is 5. The highest BCUT2D eigenvalue weighted by Gasteiger charge is 2.34. The first-order valence-electron chi connectivity index (χ1n) is 8.36. The molecule has 0 unspecified atom stereocenters. The van der Waals surface area contributed by atoms with E-state index in [-0.39, 0.29) is 16.6 Å². The van der Waals surface area contributed by atoms with Crippen molar-refractivity contribution in [2.75, 3.05) is 30.2 Å².